The van der Waals surface area contributed by atoms with Gasteiger partial charge in [0.1, 0.15) is 0 Å². The number of hydrogen-bond acceptors (Lipinski definition) is 3. The highest BCUT2D eigenvalue weighted by Gasteiger charge is 2.46. The van der Waals surface area contributed by atoms with Crippen molar-refractivity contribution in [1.82, 2.24) is 4.90 Å². The largest absolute Gasteiger partial charge is 0.375 e. The molecule has 0 aromatic carbocycles. The molecular formula is C15H30N2O. The summed E-state index contributed by atoms with van der Waals surface area (Å²) in [6.45, 7) is 9.60. The Kier molecular flexibility index (Phi) is 4.35. The zero-order chi connectivity index (χ0) is 13.2. The van der Waals surface area contributed by atoms with Crippen molar-refractivity contribution in [2.45, 2.75) is 76.5 Å². The molecule has 106 valence electrons. The Balaban J connectivity index is 2.19. The summed E-state index contributed by atoms with van der Waals surface area (Å²) in [4.78, 5) is 2.74. The Bertz CT molecular complexity index is 280. The summed E-state index contributed by atoms with van der Waals surface area (Å²) in [7, 11) is 0. The van der Waals surface area contributed by atoms with Crippen LogP contribution in [-0.4, -0.2) is 41.8 Å². The van der Waals surface area contributed by atoms with Gasteiger partial charge in [-0.2, -0.15) is 0 Å². The molecule has 2 N–H and O–H groups in total. The summed E-state index contributed by atoms with van der Waals surface area (Å²) in [5.74, 6) is 0. The molecule has 0 aliphatic carbocycles. The molecule has 2 heterocycles. The highest BCUT2D eigenvalue weighted by molar-refractivity contribution is 5.02. The summed E-state index contributed by atoms with van der Waals surface area (Å²) in [5, 5.41) is 0. The Morgan fingerprint density at radius 1 is 1.33 bits per heavy atom. The second kappa shape index (κ2) is 5.48. The second-order valence-electron chi connectivity index (χ2n) is 6.71. The van der Waals surface area contributed by atoms with Gasteiger partial charge in [-0.25, -0.2) is 0 Å². The van der Waals surface area contributed by atoms with Gasteiger partial charge < -0.3 is 10.5 Å². The third-order valence-electron chi connectivity index (χ3n) is 4.90. The molecule has 2 unspecified atom stereocenters. The minimum Gasteiger partial charge on any atom is -0.375 e. The molecule has 2 saturated heterocycles. The molecule has 3 heteroatoms. The zero-order valence-electron chi connectivity index (χ0n) is 12.4. The molecular weight excluding hydrogens is 224 g/mol. The minimum absolute atomic E-state index is 0.0205. The first-order valence-electron chi connectivity index (χ1n) is 7.64. The van der Waals surface area contributed by atoms with Crippen LogP contribution >= 0.6 is 0 Å². The van der Waals surface area contributed by atoms with E-state index in [0.29, 0.717) is 0 Å². The number of ether oxygens (including phenoxy) is 1. The van der Waals surface area contributed by atoms with Gasteiger partial charge in [-0.1, -0.05) is 13.3 Å². The van der Waals surface area contributed by atoms with Crippen LogP contribution in [0.3, 0.4) is 0 Å². The van der Waals surface area contributed by atoms with Gasteiger partial charge >= 0.3 is 0 Å². The molecule has 2 atom stereocenters. The van der Waals surface area contributed by atoms with Crippen LogP contribution in [0.1, 0.15) is 59.3 Å². The first-order valence-corrected chi connectivity index (χ1v) is 7.64. The Morgan fingerprint density at radius 3 is 2.72 bits per heavy atom. The van der Waals surface area contributed by atoms with Crippen molar-refractivity contribution in [3.8, 4) is 0 Å². The Morgan fingerprint density at radius 2 is 2.11 bits per heavy atom. The Labute approximate surface area is 112 Å². The number of nitrogens with two attached hydrogens (primary N) is 1. The number of hydrogen-bond donors (Lipinski definition) is 1. The maximum absolute atomic E-state index is 6.21. The molecule has 3 nitrogen and oxygen atoms in total. The van der Waals surface area contributed by atoms with Crippen LogP contribution < -0.4 is 5.73 Å². The summed E-state index contributed by atoms with van der Waals surface area (Å²) >= 11 is 0. The fourth-order valence-corrected chi connectivity index (χ4v) is 4.04. The smallest absolute Gasteiger partial charge is 0.0644 e. The molecule has 0 aromatic rings. The van der Waals surface area contributed by atoms with Gasteiger partial charge in [-0.05, 0) is 52.5 Å². The standard InChI is InChI=1S/C15H30N2O/c1-4-13-7-5-6-9-17(13)15(12-16)8-10-18-14(2,3)11-15/h13H,4-12,16H2,1-3H3. The van der Waals surface area contributed by atoms with Crippen LogP contribution in [0.5, 0.6) is 0 Å². The SMILES string of the molecule is CCC1CCCCN1C1(CN)CCOC(C)(C)C1. The first kappa shape index (κ1) is 14.3. The molecule has 2 rings (SSSR count). The van der Waals surface area contributed by atoms with Crippen LogP contribution in [0.15, 0.2) is 0 Å². The van der Waals surface area contributed by atoms with E-state index in [-0.39, 0.29) is 11.1 Å². The van der Waals surface area contributed by atoms with Crippen LogP contribution in [0.4, 0.5) is 0 Å². The molecule has 2 aliphatic heterocycles. The molecule has 0 bridgehead atoms. The zero-order valence-corrected chi connectivity index (χ0v) is 12.4. The van der Waals surface area contributed by atoms with Crippen molar-refractivity contribution in [3.63, 3.8) is 0 Å². The average Bonchev–Trinajstić information content (AvgIpc) is 2.37. The van der Waals surface area contributed by atoms with Gasteiger partial charge in [0.25, 0.3) is 0 Å². The third-order valence-corrected chi connectivity index (χ3v) is 4.90. The first-order chi connectivity index (χ1) is 8.53. The lowest BCUT2D eigenvalue weighted by atomic mass is 9.77. The lowest BCUT2D eigenvalue weighted by molar-refractivity contribution is -0.131. The van der Waals surface area contributed by atoms with Crippen molar-refractivity contribution in [3.05, 3.63) is 0 Å². The van der Waals surface area contributed by atoms with E-state index in [2.05, 4.69) is 25.7 Å². The maximum Gasteiger partial charge on any atom is 0.0644 e. The predicted molar refractivity (Wildman–Crippen MR) is 75.7 cm³/mol. The Hall–Kier alpha value is -0.120. The van der Waals surface area contributed by atoms with E-state index in [1.807, 2.05) is 0 Å². The number of piperidine rings is 1. The number of rotatable bonds is 3. The van der Waals surface area contributed by atoms with Crippen molar-refractivity contribution in [1.29, 1.82) is 0 Å². The molecule has 2 aliphatic rings. The van der Waals surface area contributed by atoms with E-state index in [0.717, 1.165) is 32.0 Å². The van der Waals surface area contributed by atoms with E-state index < -0.39 is 0 Å². The molecule has 2 fully saturated rings. The van der Waals surface area contributed by atoms with Crippen LogP contribution in [0.25, 0.3) is 0 Å². The van der Waals surface area contributed by atoms with Gasteiger partial charge in [-0.15, -0.1) is 0 Å². The normalized spacial score (nSPS) is 37.7. The molecule has 0 spiro atoms. The van der Waals surface area contributed by atoms with Gasteiger partial charge in [0.15, 0.2) is 0 Å². The summed E-state index contributed by atoms with van der Waals surface area (Å²) in [6.07, 6.45) is 7.49. The highest BCUT2D eigenvalue weighted by Crippen LogP contribution is 2.39. The summed E-state index contributed by atoms with van der Waals surface area (Å²) in [6, 6.07) is 0.733. The van der Waals surface area contributed by atoms with Gasteiger partial charge in [0.2, 0.25) is 0 Å². The van der Waals surface area contributed by atoms with Crippen molar-refractivity contribution < 1.29 is 4.74 Å². The van der Waals surface area contributed by atoms with E-state index in [4.69, 9.17) is 10.5 Å². The van der Waals surface area contributed by atoms with Crippen molar-refractivity contribution >= 4 is 0 Å². The monoisotopic (exact) mass is 254 g/mol. The third kappa shape index (κ3) is 2.73. The predicted octanol–water partition coefficient (Wildman–Crippen LogP) is 2.54. The molecule has 18 heavy (non-hydrogen) atoms. The van der Waals surface area contributed by atoms with Crippen molar-refractivity contribution in [2.75, 3.05) is 19.7 Å². The van der Waals surface area contributed by atoms with E-state index >= 15 is 0 Å². The van der Waals surface area contributed by atoms with E-state index in [1.54, 1.807) is 0 Å². The molecule has 0 radical (unpaired) electrons. The topological polar surface area (TPSA) is 38.5 Å². The minimum atomic E-state index is -0.0205. The van der Waals surface area contributed by atoms with Gasteiger partial charge in [0.05, 0.1) is 5.60 Å². The molecule has 0 saturated carbocycles. The fourth-order valence-electron chi connectivity index (χ4n) is 4.04. The molecule has 0 aromatic heterocycles. The van der Waals surface area contributed by atoms with E-state index in [1.165, 1.54) is 32.2 Å². The van der Waals surface area contributed by atoms with Gasteiger partial charge in [0, 0.05) is 24.7 Å². The quantitative estimate of drug-likeness (QED) is 0.841. The summed E-state index contributed by atoms with van der Waals surface area (Å²) in [5.41, 5.74) is 6.37. The highest BCUT2D eigenvalue weighted by atomic mass is 16.5. The van der Waals surface area contributed by atoms with Gasteiger partial charge in [-0.3, -0.25) is 4.90 Å². The number of nitrogens with zero attached hydrogens (tertiary/aromatic N) is 1. The average molecular weight is 254 g/mol. The molecule has 0 amide bonds. The van der Waals surface area contributed by atoms with Crippen LogP contribution in [0, 0.1) is 0 Å². The lowest BCUT2D eigenvalue weighted by Crippen LogP contribution is -2.64. The van der Waals surface area contributed by atoms with Crippen molar-refractivity contribution in [2.24, 2.45) is 5.73 Å². The van der Waals surface area contributed by atoms with E-state index in [9.17, 15) is 0 Å². The fraction of sp³-hybridized carbons (Fsp3) is 1.00. The maximum atomic E-state index is 6.21. The number of likely N-dealkylation sites (tertiary alicyclic amines) is 1. The van der Waals surface area contributed by atoms with Crippen LogP contribution in [-0.2, 0) is 4.74 Å². The van der Waals surface area contributed by atoms with Crippen LogP contribution in [0.2, 0.25) is 0 Å². The lowest BCUT2D eigenvalue weighted by Gasteiger charge is -2.54. The second-order valence-corrected chi connectivity index (χ2v) is 6.71. The summed E-state index contributed by atoms with van der Waals surface area (Å²) < 4.78 is 5.90.